The SMILES string of the molecule is CCC(CN)C(=O)NC1CCN(C(C)=O)CC1. The minimum absolute atomic E-state index is 0.0521. The average molecular weight is 241 g/mol. The van der Waals surface area contributed by atoms with Crippen LogP contribution in [0.2, 0.25) is 0 Å². The molecule has 1 fully saturated rings. The van der Waals surface area contributed by atoms with E-state index in [9.17, 15) is 9.59 Å². The van der Waals surface area contributed by atoms with Crippen LogP contribution in [0.25, 0.3) is 0 Å². The summed E-state index contributed by atoms with van der Waals surface area (Å²) in [6.45, 7) is 5.42. The van der Waals surface area contributed by atoms with Crippen molar-refractivity contribution in [2.75, 3.05) is 19.6 Å². The predicted octanol–water partition coefficient (Wildman–Crippen LogP) is 0.0984. The molecular weight excluding hydrogens is 218 g/mol. The van der Waals surface area contributed by atoms with Crippen LogP contribution in [-0.2, 0) is 9.59 Å². The van der Waals surface area contributed by atoms with E-state index in [-0.39, 0.29) is 23.8 Å². The number of carbonyl (C=O) groups excluding carboxylic acids is 2. The van der Waals surface area contributed by atoms with Crippen molar-refractivity contribution in [1.29, 1.82) is 0 Å². The lowest BCUT2D eigenvalue weighted by Crippen LogP contribution is -2.48. The van der Waals surface area contributed by atoms with E-state index in [1.54, 1.807) is 6.92 Å². The van der Waals surface area contributed by atoms with Gasteiger partial charge >= 0.3 is 0 Å². The largest absolute Gasteiger partial charge is 0.353 e. The summed E-state index contributed by atoms with van der Waals surface area (Å²) in [6, 6.07) is 0.193. The van der Waals surface area contributed by atoms with Gasteiger partial charge in [0.25, 0.3) is 0 Å². The number of hydrogen-bond acceptors (Lipinski definition) is 3. The fraction of sp³-hybridized carbons (Fsp3) is 0.833. The number of carbonyl (C=O) groups is 2. The quantitative estimate of drug-likeness (QED) is 0.733. The smallest absolute Gasteiger partial charge is 0.224 e. The molecule has 17 heavy (non-hydrogen) atoms. The predicted molar refractivity (Wildman–Crippen MR) is 66.3 cm³/mol. The van der Waals surface area contributed by atoms with Crippen LogP contribution in [0, 0.1) is 5.92 Å². The molecule has 0 saturated carbocycles. The lowest BCUT2D eigenvalue weighted by Gasteiger charge is -2.32. The minimum atomic E-state index is -0.0826. The van der Waals surface area contributed by atoms with Crippen molar-refractivity contribution in [3.05, 3.63) is 0 Å². The first-order valence-corrected chi connectivity index (χ1v) is 6.34. The third-order valence-corrected chi connectivity index (χ3v) is 3.43. The highest BCUT2D eigenvalue weighted by Crippen LogP contribution is 2.11. The van der Waals surface area contributed by atoms with Gasteiger partial charge < -0.3 is 16.0 Å². The minimum Gasteiger partial charge on any atom is -0.353 e. The summed E-state index contributed by atoms with van der Waals surface area (Å²) in [4.78, 5) is 24.8. The normalized spacial score (nSPS) is 18.9. The zero-order valence-electron chi connectivity index (χ0n) is 10.7. The molecule has 0 aromatic heterocycles. The standard InChI is InChI=1S/C12H23N3O2/c1-3-10(8-13)12(17)14-11-4-6-15(7-5-11)9(2)16/h10-11H,3-8,13H2,1-2H3,(H,14,17). The molecule has 0 bridgehead atoms. The highest BCUT2D eigenvalue weighted by Gasteiger charge is 2.24. The monoisotopic (exact) mass is 241 g/mol. The number of hydrogen-bond donors (Lipinski definition) is 2. The summed E-state index contributed by atoms with van der Waals surface area (Å²) >= 11 is 0. The number of amides is 2. The second-order valence-corrected chi connectivity index (χ2v) is 4.63. The van der Waals surface area contributed by atoms with Crippen LogP contribution in [-0.4, -0.2) is 42.4 Å². The number of likely N-dealkylation sites (tertiary alicyclic amines) is 1. The van der Waals surface area contributed by atoms with E-state index in [0.29, 0.717) is 6.54 Å². The van der Waals surface area contributed by atoms with Gasteiger partial charge in [0.2, 0.25) is 11.8 Å². The van der Waals surface area contributed by atoms with Crippen LogP contribution in [0.3, 0.4) is 0 Å². The average Bonchev–Trinajstić information content (AvgIpc) is 2.31. The van der Waals surface area contributed by atoms with E-state index < -0.39 is 0 Å². The van der Waals surface area contributed by atoms with Gasteiger partial charge in [0.1, 0.15) is 0 Å². The van der Waals surface area contributed by atoms with Gasteiger partial charge in [0, 0.05) is 38.5 Å². The van der Waals surface area contributed by atoms with Crippen molar-refractivity contribution >= 4 is 11.8 Å². The third-order valence-electron chi connectivity index (χ3n) is 3.43. The van der Waals surface area contributed by atoms with Crippen molar-refractivity contribution in [2.45, 2.75) is 39.2 Å². The Morgan fingerprint density at radius 1 is 1.41 bits per heavy atom. The summed E-state index contributed by atoms with van der Waals surface area (Å²) in [5, 5.41) is 3.02. The number of rotatable bonds is 4. The van der Waals surface area contributed by atoms with Gasteiger partial charge in [-0.05, 0) is 19.3 Å². The molecule has 1 aliphatic heterocycles. The van der Waals surface area contributed by atoms with Crippen LogP contribution in [0.15, 0.2) is 0 Å². The molecule has 5 nitrogen and oxygen atoms in total. The Labute approximate surface area is 103 Å². The van der Waals surface area contributed by atoms with Crippen molar-refractivity contribution in [2.24, 2.45) is 11.7 Å². The van der Waals surface area contributed by atoms with Gasteiger partial charge in [-0.2, -0.15) is 0 Å². The van der Waals surface area contributed by atoms with Crippen LogP contribution >= 0.6 is 0 Å². The molecule has 0 aliphatic carbocycles. The molecule has 0 aromatic rings. The molecule has 1 unspecified atom stereocenters. The molecule has 1 rings (SSSR count). The van der Waals surface area contributed by atoms with Crippen LogP contribution in [0.5, 0.6) is 0 Å². The third kappa shape index (κ3) is 4.00. The molecule has 1 aliphatic rings. The zero-order chi connectivity index (χ0) is 12.8. The van der Waals surface area contributed by atoms with E-state index in [4.69, 9.17) is 5.73 Å². The molecule has 1 atom stereocenters. The van der Waals surface area contributed by atoms with E-state index in [1.165, 1.54) is 0 Å². The molecule has 98 valence electrons. The summed E-state index contributed by atoms with van der Waals surface area (Å²) in [5.74, 6) is 0.0836. The van der Waals surface area contributed by atoms with Gasteiger partial charge in [-0.25, -0.2) is 0 Å². The van der Waals surface area contributed by atoms with Gasteiger partial charge in [-0.1, -0.05) is 6.92 Å². The van der Waals surface area contributed by atoms with Crippen molar-refractivity contribution in [3.63, 3.8) is 0 Å². The number of nitrogens with zero attached hydrogens (tertiary/aromatic N) is 1. The van der Waals surface area contributed by atoms with Gasteiger partial charge in [0.15, 0.2) is 0 Å². The molecule has 2 amide bonds. The second-order valence-electron chi connectivity index (χ2n) is 4.63. The molecule has 1 saturated heterocycles. The highest BCUT2D eigenvalue weighted by molar-refractivity contribution is 5.79. The summed E-state index contributed by atoms with van der Waals surface area (Å²) in [5.41, 5.74) is 5.54. The highest BCUT2D eigenvalue weighted by atomic mass is 16.2. The molecule has 0 spiro atoms. The number of nitrogens with two attached hydrogens (primary N) is 1. The topological polar surface area (TPSA) is 75.4 Å². The lowest BCUT2D eigenvalue weighted by atomic mass is 10.0. The Morgan fingerprint density at radius 3 is 2.41 bits per heavy atom. The van der Waals surface area contributed by atoms with Gasteiger partial charge in [-0.15, -0.1) is 0 Å². The molecule has 5 heteroatoms. The number of nitrogens with one attached hydrogen (secondary N) is 1. The van der Waals surface area contributed by atoms with Crippen molar-refractivity contribution < 1.29 is 9.59 Å². The zero-order valence-corrected chi connectivity index (χ0v) is 10.7. The van der Waals surface area contributed by atoms with E-state index >= 15 is 0 Å². The number of piperidine rings is 1. The summed E-state index contributed by atoms with van der Waals surface area (Å²) in [7, 11) is 0. The Hall–Kier alpha value is -1.10. The van der Waals surface area contributed by atoms with E-state index in [1.807, 2.05) is 11.8 Å². The first-order valence-electron chi connectivity index (χ1n) is 6.34. The fourth-order valence-corrected chi connectivity index (χ4v) is 2.12. The Kier molecular flexibility index (Phi) is 5.41. The molecule has 0 radical (unpaired) electrons. The molecule has 3 N–H and O–H groups in total. The Bertz CT molecular complexity index is 269. The molecule has 1 heterocycles. The van der Waals surface area contributed by atoms with Crippen LogP contribution < -0.4 is 11.1 Å². The van der Waals surface area contributed by atoms with E-state index in [2.05, 4.69) is 5.32 Å². The maximum absolute atomic E-state index is 11.8. The first kappa shape index (κ1) is 14.0. The fourth-order valence-electron chi connectivity index (χ4n) is 2.12. The first-order chi connectivity index (χ1) is 8.08. The van der Waals surface area contributed by atoms with Crippen LogP contribution in [0.1, 0.15) is 33.1 Å². The van der Waals surface area contributed by atoms with Gasteiger partial charge in [0.05, 0.1) is 0 Å². The lowest BCUT2D eigenvalue weighted by molar-refractivity contribution is -0.130. The van der Waals surface area contributed by atoms with Gasteiger partial charge in [-0.3, -0.25) is 9.59 Å². The maximum Gasteiger partial charge on any atom is 0.224 e. The van der Waals surface area contributed by atoms with Crippen molar-refractivity contribution in [1.82, 2.24) is 10.2 Å². The maximum atomic E-state index is 11.8. The van der Waals surface area contributed by atoms with Crippen LogP contribution in [0.4, 0.5) is 0 Å². The van der Waals surface area contributed by atoms with Crippen molar-refractivity contribution in [3.8, 4) is 0 Å². The van der Waals surface area contributed by atoms with E-state index in [0.717, 1.165) is 32.4 Å². The Morgan fingerprint density at radius 2 is 2.00 bits per heavy atom. The molecule has 0 aromatic carbocycles. The summed E-state index contributed by atoms with van der Waals surface area (Å²) in [6.07, 6.45) is 2.45. The Balaban J connectivity index is 2.35. The second kappa shape index (κ2) is 6.59. The molecular formula is C12H23N3O2. The summed E-state index contributed by atoms with van der Waals surface area (Å²) < 4.78 is 0.